The van der Waals surface area contributed by atoms with E-state index in [1.165, 1.54) is 23.9 Å². The third-order valence-electron chi connectivity index (χ3n) is 3.82. The Morgan fingerprint density at radius 1 is 0.862 bits per heavy atom. The van der Waals surface area contributed by atoms with Crippen LogP contribution in [-0.2, 0) is 4.79 Å². The van der Waals surface area contributed by atoms with Gasteiger partial charge in [-0.2, -0.15) is 0 Å². The molecule has 0 aliphatic carbocycles. The largest absolute Gasteiger partial charge is 0.478 e. The minimum Gasteiger partial charge on any atom is -0.478 e. The number of pyridine rings is 1. The Hall–Kier alpha value is -3.65. The molecule has 0 saturated carbocycles. The second kappa shape index (κ2) is 9.52. The normalized spacial score (nSPS) is 10.2. The molecule has 146 valence electrons. The van der Waals surface area contributed by atoms with Gasteiger partial charge >= 0.3 is 5.97 Å². The van der Waals surface area contributed by atoms with Gasteiger partial charge in [-0.1, -0.05) is 18.2 Å². The lowest BCUT2D eigenvalue weighted by molar-refractivity contribution is -0.113. The highest BCUT2D eigenvalue weighted by molar-refractivity contribution is 8.00. The molecule has 0 spiro atoms. The number of carboxylic acid groups (broad SMARTS) is 1. The zero-order valence-corrected chi connectivity index (χ0v) is 16.0. The zero-order valence-electron chi connectivity index (χ0n) is 15.2. The van der Waals surface area contributed by atoms with E-state index in [1.807, 2.05) is 0 Å². The molecule has 2 amide bonds. The van der Waals surface area contributed by atoms with Crippen molar-refractivity contribution in [2.45, 2.75) is 4.90 Å². The van der Waals surface area contributed by atoms with Crippen LogP contribution in [0.3, 0.4) is 0 Å². The number of aromatic nitrogens is 1. The van der Waals surface area contributed by atoms with Crippen LogP contribution in [0.15, 0.2) is 77.8 Å². The number of carbonyl (C=O) groups excluding carboxylic acids is 2. The molecule has 0 atom stereocenters. The molecule has 29 heavy (non-hydrogen) atoms. The summed E-state index contributed by atoms with van der Waals surface area (Å²) in [5.41, 5.74) is 0.554. The van der Waals surface area contributed by atoms with Gasteiger partial charge in [-0.25, -0.2) is 9.78 Å². The molecule has 0 unspecified atom stereocenters. The van der Waals surface area contributed by atoms with Crippen LogP contribution in [0.1, 0.15) is 20.7 Å². The van der Waals surface area contributed by atoms with Gasteiger partial charge in [0.2, 0.25) is 5.91 Å². The average molecular weight is 407 g/mol. The molecular formula is C21H17N3O4S. The van der Waals surface area contributed by atoms with Crippen LogP contribution in [0.25, 0.3) is 0 Å². The maximum Gasteiger partial charge on any atom is 0.336 e. The summed E-state index contributed by atoms with van der Waals surface area (Å²) in [6, 6.07) is 18.2. The van der Waals surface area contributed by atoms with E-state index in [0.717, 1.165) is 4.90 Å². The molecule has 2 aromatic carbocycles. The predicted octanol–water partition coefficient (Wildman–Crippen LogP) is 3.76. The molecule has 3 aromatic rings. The van der Waals surface area contributed by atoms with Crippen molar-refractivity contribution < 1.29 is 19.5 Å². The number of nitrogens with zero attached hydrogens (tertiary/aromatic N) is 1. The van der Waals surface area contributed by atoms with E-state index in [0.29, 0.717) is 11.5 Å². The Labute approximate surface area is 171 Å². The van der Waals surface area contributed by atoms with E-state index in [1.54, 1.807) is 60.8 Å². The maximum absolute atomic E-state index is 12.4. The first-order valence-electron chi connectivity index (χ1n) is 8.60. The summed E-state index contributed by atoms with van der Waals surface area (Å²) in [7, 11) is 0. The fourth-order valence-corrected chi connectivity index (χ4v) is 3.16. The van der Waals surface area contributed by atoms with E-state index >= 15 is 0 Å². The lowest BCUT2D eigenvalue weighted by atomic mass is 10.1. The number of amides is 2. The van der Waals surface area contributed by atoms with Crippen molar-refractivity contribution in [2.75, 3.05) is 16.4 Å². The highest BCUT2D eigenvalue weighted by atomic mass is 32.2. The van der Waals surface area contributed by atoms with E-state index in [4.69, 9.17) is 0 Å². The molecule has 8 heteroatoms. The molecule has 1 heterocycles. The van der Waals surface area contributed by atoms with Gasteiger partial charge in [-0.3, -0.25) is 9.59 Å². The zero-order chi connectivity index (χ0) is 20.6. The van der Waals surface area contributed by atoms with Crippen LogP contribution in [0.5, 0.6) is 0 Å². The number of nitrogens with one attached hydrogen (secondary N) is 2. The smallest absolute Gasteiger partial charge is 0.336 e. The van der Waals surface area contributed by atoms with Crippen molar-refractivity contribution in [3.8, 4) is 0 Å². The number of hydrogen-bond donors (Lipinski definition) is 3. The van der Waals surface area contributed by atoms with Gasteiger partial charge in [-0.15, -0.1) is 11.8 Å². The van der Waals surface area contributed by atoms with Crippen molar-refractivity contribution in [1.29, 1.82) is 0 Å². The van der Waals surface area contributed by atoms with Crippen molar-refractivity contribution in [3.05, 3.63) is 84.1 Å². The molecular weight excluding hydrogens is 390 g/mol. The summed E-state index contributed by atoms with van der Waals surface area (Å²) in [5.74, 6) is -1.12. The van der Waals surface area contributed by atoms with Crippen LogP contribution in [-0.4, -0.2) is 33.6 Å². The van der Waals surface area contributed by atoms with E-state index in [9.17, 15) is 19.5 Å². The quantitative estimate of drug-likeness (QED) is 0.515. The van der Waals surface area contributed by atoms with Gasteiger partial charge in [0.05, 0.1) is 16.9 Å². The molecule has 0 saturated heterocycles. The first-order valence-corrected chi connectivity index (χ1v) is 9.59. The van der Waals surface area contributed by atoms with Gasteiger partial charge in [0.15, 0.2) is 0 Å². The van der Waals surface area contributed by atoms with Crippen LogP contribution in [0, 0.1) is 0 Å². The topological polar surface area (TPSA) is 108 Å². The Morgan fingerprint density at radius 3 is 2.21 bits per heavy atom. The second-order valence-corrected chi connectivity index (χ2v) is 6.93. The summed E-state index contributed by atoms with van der Waals surface area (Å²) in [6.07, 6.45) is 1.60. The number of anilines is 2. The van der Waals surface area contributed by atoms with Gasteiger partial charge in [0.25, 0.3) is 5.91 Å². The summed E-state index contributed by atoms with van der Waals surface area (Å²) >= 11 is 1.35. The summed E-state index contributed by atoms with van der Waals surface area (Å²) in [6.45, 7) is 0. The van der Waals surface area contributed by atoms with E-state index < -0.39 is 11.9 Å². The number of carboxylic acids is 1. The molecule has 0 fully saturated rings. The monoisotopic (exact) mass is 407 g/mol. The van der Waals surface area contributed by atoms with Crippen LogP contribution in [0.4, 0.5) is 11.5 Å². The first kappa shape index (κ1) is 20.1. The van der Waals surface area contributed by atoms with Crippen molar-refractivity contribution in [3.63, 3.8) is 0 Å². The minimum atomic E-state index is -1.16. The fourth-order valence-electron chi connectivity index (χ4n) is 2.47. The highest BCUT2D eigenvalue weighted by Gasteiger charge is 2.15. The Bertz CT molecular complexity index is 1020. The lowest BCUT2D eigenvalue weighted by Gasteiger charge is -2.09. The van der Waals surface area contributed by atoms with Crippen molar-refractivity contribution in [2.24, 2.45) is 0 Å². The van der Waals surface area contributed by atoms with Gasteiger partial charge < -0.3 is 15.7 Å². The molecule has 3 rings (SSSR count). The second-order valence-electron chi connectivity index (χ2n) is 5.88. The Balaban J connectivity index is 1.56. The van der Waals surface area contributed by atoms with E-state index in [-0.39, 0.29) is 22.8 Å². The molecule has 0 aliphatic heterocycles. The standard InChI is InChI=1S/C21H17N3O4S/c25-19(24-18-7-3-4-12-22-18)13-29-15-10-8-14(9-11-15)23-20(26)16-5-1-2-6-17(16)21(27)28/h1-12H,13H2,(H,23,26)(H,27,28)(H,22,24,25). The molecule has 0 aliphatic rings. The SMILES string of the molecule is O=C(CSc1ccc(NC(=O)c2ccccc2C(=O)O)cc1)Nc1ccccn1. The maximum atomic E-state index is 12.4. The summed E-state index contributed by atoms with van der Waals surface area (Å²) in [5, 5.41) is 14.6. The minimum absolute atomic E-state index is 0.0592. The molecule has 0 radical (unpaired) electrons. The predicted molar refractivity (Wildman–Crippen MR) is 111 cm³/mol. The van der Waals surface area contributed by atoms with Gasteiger partial charge in [0, 0.05) is 16.8 Å². The van der Waals surface area contributed by atoms with E-state index in [2.05, 4.69) is 15.6 Å². The summed E-state index contributed by atoms with van der Waals surface area (Å²) in [4.78, 5) is 40.5. The van der Waals surface area contributed by atoms with Crippen molar-refractivity contribution >= 4 is 41.1 Å². The van der Waals surface area contributed by atoms with Crippen molar-refractivity contribution in [1.82, 2.24) is 4.98 Å². The molecule has 7 nitrogen and oxygen atoms in total. The Kier molecular flexibility index (Phi) is 6.59. The molecule has 3 N–H and O–H groups in total. The van der Waals surface area contributed by atoms with Crippen LogP contribution < -0.4 is 10.6 Å². The van der Waals surface area contributed by atoms with Gasteiger partial charge in [0.1, 0.15) is 5.82 Å². The average Bonchev–Trinajstić information content (AvgIpc) is 2.74. The fraction of sp³-hybridized carbons (Fsp3) is 0.0476. The number of rotatable bonds is 7. The number of thioether (sulfide) groups is 1. The lowest BCUT2D eigenvalue weighted by Crippen LogP contribution is -2.16. The Morgan fingerprint density at radius 2 is 1.55 bits per heavy atom. The van der Waals surface area contributed by atoms with Crippen LogP contribution >= 0.6 is 11.8 Å². The number of carbonyl (C=O) groups is 3. The summed E-state index contributed by atoms with van der Waals surface area (Å²) < 4.78 is 0. The van der Waals surface area contributed by atoms with Gasteiger partial charge in [-0.05, 0) is 48.5 Å². The number of aromatic carboxylic acids is 1. The third kappa shape index (κ3) is 5.66. The van der Waals surface area contributed by atoms with Crippen LogP contribution in [0.2, 0.25) is 0 Å². The first-order chi connectivity index (χ1) is 14.0. The molecule has 1 aromatic heterocycles. The number of benzene rings is 2. The highest BCUT2D eigenvalue weighted by Crippen LogP contribution is 2.21. The number of hydrogen-bond acceptors (Lipinski definition) is 5. The third-order valence-corrected chi connectivity index (χ3v) is 4.83. The molecule has 0 bridgehead atoms.